The average Bonchev–Trinajstić information content (AvgIpc) is 2.75. The van der Waals surface area contributed by atoms with Crippen molar-refractivity contribution in [3.05, 3.63) is 0 Å². The van der Waals surface area contributed by atoms with E-state index >= 15 is 0 Å². The lowest BCUT2D eigenvalue weighted by atomic mass is 10.2. The van der Waals surface area contributed by atoms with E-state index in [0.717, 1.165) is 39.3 Å². The van der Waals surface area contributed by atoms with Crippen molar-refractivity contribution in [1.82, 2.24) is 5.32 Å². The first-order chi connectivity index (χ1) is 7.43. The summed E-state index contributed by atoms with van der Waals surface area (Å²) in [5.41, 5.74) is 0. The standard InChI is InChI=1S/C12H25NO2/c1-2-3-4-5-7-13-8-10-15-12-6-9-14-11-12/h12-13H,2-11H2,1H3. The van der Waals surface area contributed by atoms with Crippen LogP contribution in [-0.2, 0) is 9.47 Å². The van der Waals surface area contributed by atoms with Gasteiger partial charge in [-0.3, -0.25) is 0 Å². The summed E-state index contributed by atoms with van der Waals surface area (Å²) < 4.78 is 10.9. The van der Waals surface area contributed by atoms with Gasteiger partial charge in [0.15, 0.2) is 0 Å². The molecular weight excluding hydrogens is 190 g/mol. The van der Waals surface area contributed by atoms with E-state index in [4.69, 9.17) is 9.47 Å². The minimum absolute atomic E-state index is 0.354. The summed E-state index contributed by atoms with van der Waals surface area (Å²) in [6, 6.07) is 0. The quantitative estimate of drug-likeness (QED) is 0.596. The molecule has 1 fully saturated rings. The molecule has 1 unspecified atom stereocenters. The van der Waals surface area contributed by atoms with E-state index in [1.54, 1.807) is 0 Å². The molecule has 1 N–H and O–H groups in total. The van der Waals surface area contributed by atoms with Crippen molar-refractivity contribution in [2.75, 3.05) is 32.9 Å². The molecule has 0 aliphatic carbocycles. The molecule has 90 valence electrons. The molecule has 0 aromatic heterocycles. The molecule has 0 aromatic carbocycles. The van der Waals surface area contributed by atoms with E-state index in [0.29, 0.717) is 6.10 Å². The molecule has 15 heavy (non-hydrogen) atoms. The molecule has 0 amide bonds. The molecule has 0 saturated carbocycles. The summed E-state index contributed by atoms with van der Waals surface area (Å²) in [6.07, 6.45) is 6.73. The third kappa shape index (κ3) is 6.88. The normalized spacial score (nSPS) is 21.0. The molecule has 1 heterocycles. The predicted molar refractivity (Wildman–Crippen MR) is 62.2 cm³/mol. The lowest BCUT2D eigenvalue weighted by Gasteiger charge is -2.10. The summed E-state index contributed by atoms with van der Waals surface area (Å²) in [6.45, 7) is 6.82. The Kier molecular flexibility index (Phi) is 7.88. The molecule has 0 spiro atoms. The topological polar surface area (TPSA) is 30.5 Å². The Balaban J connectivity index is 1.73. The van der Waals surface area contributed by atoms with E-state index < -0.39 is 0 Å². The van der Waals surface area contributed by atoms with E-state index in [1.165, 1.54) is 25.7 Å². The fraction of sp³-hybridized carbons (Fsp3) is 1.00. The van der Waals surface area contributed by atoms with Crippen LogP contribution in [0.1, 0.15) is 39.0 Å². The molecule has 3 nitrogen and oxygen atoms in total. The van der Waals surface area contributed by atoms with Crippen molar-refractivity contribution in [3.8, 4) is 0 Å². The van der Waals surface area contributed by atoms with Crippen molar-refractivity contribution >= 4 is 0 Å². The van der Waals surface area contributed by atoms with Crippen LogP contribution in [0.5, 0.6) is 0 Å². The van der Waals surface area contributed by atoms with Gasteiger partial charge in [-0.2, -0.15) is 0 Å². The van der Waals surface area contributed by atoms with Crippen LogP contribution in [0.4, 0.5) is 0 Å². The van der Waals surface area contributed by atoms with Crippen molar-refractivity contribution in [2.45, 2.75) is 45.1 Å². The third-order valence-corrected chi connectivity index (χ3v) is 2.73. The van der Waals surface area contributed by atoms with Crippen molar-refractivity contribution in [2.24, 2.45) is 0 Å². The highest BCUT2D eigenvalue weighted by molar-refractivity contribution is 4.63. The number of ether oxygens (including phenoxy) is 2. The summed E-state index contributed by atoms with van der Waals surface area (Å²) in [5, 5.41) is 3.40. The zero-order chi connectivity index (χ0) is 10.8. The zero-order valence-electron chi connectivity index (χ0n) is 9.96. The SMILES string of the molecule is CCCCCCNCCOC1CCOC1. The second-order valence-electron chi connectivity index (χ2n) is 4.17. The maximum absolute atomic E-state index is 5.64. The molecule has 1 saturated heterocycles. The van der Waals surface area contributed by atoms with Gasteiger partial charge >= 0.3 is 0 Å². The van der Waals surface area contributed by atoms with Gasteiger partial charge in [0.1, 0.15) is 0 Å². The van der Waals surface area contributed by atoms with Crippen LogP contribution in [0.15, 0.2) is 0 Å². The summed E-state index contributed by atoms with van der Waals surface area (Å²) in [5.74, 6) is 0. The molecule has 0 bridgehead atoms. The Bertz CT molecular complexity index is 136. The summed E-state index contributed by atoms with van der Waals surface area (Å²) in [7, 11) is 0. The predicted octanol–water partition coefficient (Wildman–Crippen LogP) is 1.96. The van der Waals surface area contributed by atoms with E-state index in [-0.39, 0.29) is 0 Å². The molecule has 1 rings (SSSR count). The summed E-state index contributed by atoms with van der Waals surface area (Å²) >= 11 is 0. The summed E-state index contributed by atoms with van der Waals surface area (Å²) in [4.78, 5) is 0. The molecule has 1 aliphatic rings. The molecule has 0 aromatic rings. The molecule has 1 aliphatic heterocycles. The fourth-order valence-corrected chi connectivity index (χ4v) is 1.74. The Morgan fingerprint density at radius 3 is 2.93 bits per heavy atom. The average molecular weight is 215 g/mol. The van der Waals surface area contributed by atoms with E-state index in [2.05, 4.69) is 12.2 Å². The minimum Gasteiger partial charge on any atom is -0.379 e. The van der Waals surface area contributed by atoms with Gasteiger partial charge in [-0.25, -0.2) is 0 Å². The van der Waals surface area contributed by atoms with Gasteiger partial charge in [-0.15, -0.1) is 0 Å². The molecule has 1 atom stereocenters. The first-order valence-corrected chi connectivity index (χ1v) is 6.33. The first-order valence-electron chi connectivity index (χ1n) is 6.33. The van der Waals surface area contributed by atoms with Gasteiger partial charge < -0.3 is 14.8 Å². The molecular formula is C12H25NO2. The highest BCUT2D eigenvalue weighted by atomic mass is 16.5. The Morgan fingerprint density at radius 1 is 1.27 bits per heavy atom. The molecule has 0 radical (unpaired) electrons. The monoisotopic (exact) mass is 215 g/mol. The maximum atomic E-state index is 5.64. The van der Waals surface area contributed by atoms with Gasteiger partial charge in [-0.05, 0) is 19.4 Å². The highest BCUT2D eigenvalue weighted by Gasteiger charge is 2.14. The van der Waals surface area contributed by atoms with Crippen LogP contribution in [0.2, 0.25) is 0 Å². The van der Waals surface area contributed by atoms with Gasteiger partial charge in [0.25, 0.3) is 0 Å². The maximum Gasteiger partial charge on any atom is 0.0831 e. The fourth-order valence-electron chi connectivity index (χ4n) is 1.74. The Morgan fingerprint density at radius 2 is 2.20 bits per heavy atom. The van der Waals surface area contributed by atoms with Crippen molar-refractivity contribution in [3.63, 3.8) is 0 Å². The number of unbranched alkanes of at least 4 members (excludes halogenated alkanes) is 3. The lowest BCUT2D eigenvalue weighted by Crippen LogP contribution is -2.24. The minimum atomic E-state index is 0.354. The Labute approximate surface area is 93.5 Å². The zero-order valence-corrected chi connectivity index (χ0v) is 9.96. The van der Waals surface area contributed by atoms with E-state index in [1.807, 2.05) is 0 Å². The number of nitrogens with one attached hydrogen (secondary N) is 1. The largest absolute Gasteiger partial charge is 0.379 e. The molecule has 3 heteroatoms. The number of rotatable bonds is 9. The van der Waals surface area contributed by atoms with Crippen LogP contribution in [0.25, 0.3) is 0 Å². The second-order valence-corrected chi connectivity index (χ2v) is 4.17. The van der Waals surface area contributed by atoms with Crippen LogP contribution < -0.4 is 5.32 Å². The van der Waals surface area contributed by atoms with Gasteiger partial charge in [0, 0.05) is 13.2 Å². The van der Waals surface area contributed by atoms with Crippen LogP contribution in [0.3, 0.4) is 0 Å². The van der Waals surface area contributed by atoms with Gasteiger partial charge in [0.05, 0.1) is 19.3 Å². The van der Waals surface area contributed by atoms with E-state index in [9.17, 15) is 0 Å². The van der Waals surface area contributed by atoms with Gasteiger partial charge in [0.2, 0.25) is 0 Å². The Hall–Kier alpha value is -0.120. The lowest BCUT2D eigenvalue weighted by molar-refractivity contribution is 0.0445. The number of hydrogen-bond donors (Lipinski definition) is 1. The van der Waals surface area contributed by atoms with Crippen LogP contribution in [-0.4, -0.2) is 39.0 Å². The van der Waals surface area contributed by atoms with Crippen LogP contribution in [0, 0.1) is 0 Å². The van der Waals surface area contributed by atoms with Crippen molar-refractivity contribution in [1.29, 1.82) is 0 Å². The van der Waals surface area contributed by atoms with Gasteiger partial charge in [-0.1, -0.05) is 26.2 Å². The smallest absolute Gasteiger partial charge is 0.0831 e. The third-order valence-electron chi connectivity index (χ3n) is 2.73. The second kappa shape index (κ2) is 9.13. The first kappa shape index (κ1) is 12.9. The highest BCUT2D eigenvalue weighted by Crippen LogP contribution is 2.07. The number of hydrogen-bond acceptors (Lipinski definition) is 3. The van der Waals surface area contributed by atoms with Crippen LogP contribution >= 0.6 is 0 Å². The van der Waals surface area contributed by atoms with Crippen molar-refractivity contribution < 1.29 is 9.47 Å².